The molecular formula is C24H22F2N6O2. The first-order valence-electron chi connectivity index (χ1n) is 11.3. The van der Waals surface area contributed by atoms with Crippen molar-refractivity contribution in [1.82, 2.24) is 19.9 Å². The molecule has 0 radical (unpaired) electrons. The van der Waals surface area contributed by atoms with Crippen molar-refractivity contribution in [3.63, 3.8) is 0 Å². The quantitative estimate of drug-likeness (QED) is 0.420. The van der Waals surface area contributed by atoms with Crippen molar-refractivity contribution in [2.75, 3.05) is 23.3 Å². The summed E-state index contributed by atoms with van der Waals surface area (Å²) in [6.45, 7) is 1.59. The van der Waals surface area contributed by atoms with Crippen molar-refractivity contribution < 1.29 is 18.3 Å². The first-order chi connectivity index (χ1) is 16.6. The summed E-state index contributed by atoms with van der Waals surface area (Å²) < 4.78 is 34.7. The second kappa shape index (κ2) is 8.19. The summed E-state index contributed by atoms with van der Waals surface area (Å²) in [7, 11) is 0. The molecule has 0 spiro atoms. The van der Waals surface area contributed by atoms with E-state index in [-0.39, 0.29) is 23.6 Å². The van der Waals surface area contributed by atoms with Crippen LogP contribution in [0.4, 0.5) is 26.1 Å². The predicted octanol–water partition coefficient (Wildman–Crippen LogP) is 3.56. The van der Waals surface area contributed by atoms with Gasteiger partial charge in [-0.2, -0.15) is 4.39 Å². The third-order valence-electron chi connectivity index (χ3n) is 6.52. The molecule has 2 atom stereocenters. The molecule has 10 heteroatoms. The first-order valence-corrected chi connectivity index (χ1v) is 11.3. The van der Waals surface area contributed by atoms with Gasteiger partial charge < -0.3 is 19.9 Å². The van der Waals surface area contributed by atoms with Gasteiger partial charge in [-0.25, -0.2) is 19.3 Å². The minimum Gasteiger partial charge on any atom is -0.487 e. The number of allylic oxidation sites excluding steroid dienone is 1. The second-order valence-corrected chi connectivity index (χ2v) is 8.81. The summed E-state index contributed by atoms with van der Waals surface area (Å²) in [6.07, 6.45) is 8.16. The molecule has 1 aromatic carbocycles. The van der Waals surface area contributed by atoms with Crippen LogP contribution in [-0.2, 0) is 4.79 Å². The van der Waals surface area contributed by atoms with Gasteiger partial charge in [-0.3, -0.25) is 4.79 Å². The largest absolute Gasteiger partial charge is 0.487 e. The zero-order valence-corrected chi connectivity index (χ0v) is 18.2. The lowest BCUT2D eigenvalue weighted by atomic mass is 10.2. The molecule has 1 N–H and O–H groups in total. The number of hydrogen-bond acceptors (Lipinski definition) is 8. The van der Waals surface area contributed by atoms with E-state index in [0.29, 0.717) is 22.9 Å². The highest BCUT2D eigenvalue weighted by atomic mass is 19.2. The van der Waals surface area contributed by atoms with Crippen LogP contribution >= 0.6 is 0 Å². The number of anilines is 3. The Morgan fingerprint density at radius 2 is 1.94 bits per heavy atom. The Balaban J connectivity index is 1.27. The maximum atomic E-state index is 14.7. The Morgan fingerprint density at radius 1 is 1.06 bits per heavy atom. The number of benzene rings is 1. The van der Waals surface area contributed by atoms with Gasteiger partial charge in [0.25, 0.3) is 0 Å². The zero-order valence-electron chi connectivity index (χ0n) is 18.2. The van der Waals surface area contributed by atoms with Gasteiger partial charge in [0.2, 0.25) is 5.82 Å². The summed E-state index contributed by atoms with van der Waals surface area (Å²) in [6, 6.07) is 7.22. The van der Waals surface area contributed by atoms with Gasteiger partial charge in [0, 0.05) is 31.4 Å². The molecule has 6 rings (SSSR count). The molecular weight excluding hydrogens is 442 g/mol. The average molecular weight is 464 g/mol. The maximum absolute atomic E-state index is 14.7. The number of aromatic nitrogens is 3. The SMILES string of the molecule is O=C/C=C/N1C[C@@H]2C[C@H]1CN2c1ccc2ncnc(Nc3ccc(OC4CC4)c(F)c3F)c2n1. The van der Waals surface area contributed by atoms with Gasteiger partial charge in [-0.1, -0.05) is 0 Å². The molecule has 2 bridgehead atoms. The Kier molecular flexibility index (Phi) is 5.00. The van der Waals surface area contributed by atoms with E-state index in [1.54, 1.807) is 0 Å². The highest BCUT2D eigenvalue weighted by molar-refractivity contribution is 5.88. The molecule has 8 nitrogen and oxygen atoms in total. The number of nitrogens with zero attached hydrogens (tertiary/aromatic N) is 5. The normalized spacial score (nSPS) is 21.6. The maximum Gasteiger partial charge on any atom is 0.202 e. The minimum absolute atomic E-state index is 0.0323. The predicted molar refractivity (Wildman–Crippen MR) is 122 cm³/mol. The summed E-state index contributed by atoms with van der Waals surface area (Å²) in [5.41, 5.74) is 1.01. The molecule has 0 amide bonds. The molecule has 3 fully saturated rings. The van der Waals surface area contributed by atoms with E-state index in [1.807, 2.05) is 18.3 Å². The van der Waals surface area contributed by atoms with E-state index in [0.717, 1.165) is 44.5 Å². The summed E-state index contributed by atoms with van der Waals surface area (Å²) in [4.78, 5) is 28.3. The van der Waals surface area contributed by atoms with Crippen LogP contribution in [0.15, 0.2) is 42.9 Å². The highest BCUT2D eigenvalue weighted by Crippen LogP contribution is 2.36. The van der Waals surface area contributed by atoms with E-state index < -0.39 is 11.6 Å². The van der Waals surface area contributed by atoms with Crippen molar-refractivity contribution in [1.29, 1.82) is 0 Å². The van der Waals surface area contributed by atoms with Crippen molar-refractivity contribution in [2.24, 2.45) is 0 Å². The topological polar surface area (TPSA) is 83.5 Å². The van der Waals surface area contributed by atoms with E-state index in [4.69, 9.17) is 9.72 Å². The third kappa shape index (κ3) is 3.68. The number of halogens is 2. The molecule has 2 aromatic heterocycles. The number of likely N-dealkylation sites (tertiary alicyclic amines) is 1. The average Bonchev–Trinajstić information content (AvgIpc) is 3.45. The number of piperazine rings is 1. The number of hydrogen-bond donors (Lipinski definition) is 1. The minimum atomic E-state index is -1.03. The number of aldehydes is 1. The smallest absolute Gasteiger partial charge is 0.202 e. The van der Waals surface area contributed by atoms with Crippen LogP contribution in [0, 0.1) is 11.6 Å². The number of rotatable bonds is 7. The lowest BCUT2D eigenvalue weighted by Gasteiger charge is -2.34. The molecule has 3 aliphatic rings. The van der Waals surface area contributed by atoms with E-state index in [9.17, 15) is 13.6 Å². The van der Waals surface area contributed by atoms with Crippen LogP contribution in [0.3, 0.4) is 0 Å². The molecule has 1 saturated carbocycles. The number of carbonyl (C=O) groups excluding carboxylic acids is 1. The second-order valence-electron chi connectivity index (χ2n) is 8.81. The number of ether oxygens (including phenoxy) is 1. The Hall–Kier alpha value is -3.82. The fraction of sp³-hybridized carbons (Fsp3) is 0.333. The Morgan fingerprint density at radius 3 is 2.71 bits per heavy atom. The van der Waals surface area contributed by atoms with Gasteiger partial charge in [0.1, 0.15) is 23.9 Å². The van der Waals surface area contributed by atoms with Gasteiger partial charge in [0.05, 0.1) is 17.3 Å². The van der Waals surface area contributed by atoms with Crippen LogP contribution in [0.5, 0.6) is 5.75 Å². The van der Waals surface area contributed by atoms with E-state index in [2.05, 4.69) is 25.1 Å². The molecule has 1 aliphatic carbocycles. The zero-order chi connectivity index (χ0) is 23.2. The standard InChI is InChI=1S/C24H22F2N6O2/c25-21-17(4-6-19(22(21)26)34-16-2-3-16)29-24-23-18(27-13-28-24)5-7-20(30-23)32-12-14-10-15(32)11-31(14)8-1-9-33/h1,4-9,13-16H,2-3,10-12H2,(H,27,28,29)/b8-1+/t14-,15-/m0/s1. The lowest BCUT2D eigenvalue weighted by Crippen LogP contribution is -2.44. The van der Waals surface area contributed by atoms with Crippen LogP contribution in [0.1, 0.15) is 19.3 Å². The summed E-state index contributed by atoms with van der Waals surface area (Å²) in [5, 5.41) is 2.88. The van der Waals surface area contributed by atoms with Crippen LogP contribution in [0.25, 0.3) is 11.0 Å². The first kappa shape index (κ1) is 20.8. The molecule has 174 valence electrons. The van der Waals surface area contributed by atoms with Crippen molar-refractivity contribution in [3.8, 4) is 5.75 Å². The third-order valence-corrected chi connectivity index (χ3v) is 6.52. The molecule has 3 aromatic rings. The number of carbonyl (C=O) groups is 1. The van der Waals surface area contributed by atoms with Crippen molar-refractivity contribution >= 4 is 34.6 Å². The molecule has 4 heterocycles. The number of fused-ring (bicyclic) bond motifs is 3. The Labute approximate surface area is 194 Å². The lowest BCUT2D eigenvalue weighted by molar-refractivity contribution is -0.104. The molecule has 0 unspecified atom stereocenters. The van der Waals surface area contributed by atoms with Gasteiger partial charge in [0.15, 0.2) is 17.4 Å². The van der Waals surface area contributed by atoms with Gasteiger partial charge in [-0.15, -0.1) is 0 Å². The van der Waals surface area contributed by atoms with Gasteiger partial charge in [-0.05, 0) is 49.6 Å². The van der Waals surface area contributed by atoms with Crippen molar-refractivity contribution in [2.45, 2.75) is 37.5 Å². The van der Waals surface area contributed by atoms with E-state index >= 15 is 0 Å². The summed E-state index contributed by atoms with van der Waals surface area (Å²) in [5.74, 6) is -1.07. The van der Waals surface area contributed by atoms with Crippen LogP contribution < -0.4 is 15.0 Å². The number of pyridine rings is 1. The molecule has 2 saturated heterocycles. The van der Waals surface area contributed by atoms with Gasteiger partial charge >= 0.3 is 0 Å². The van der Waals surface area contributed by atoms with Crippen LogP contribution in [-0.4, -0.2) is 57.4 Å². The number of nitrogens with one attached hydrogen (secondary N) is 1. The fourth-order valence-electron chi connectivity index (χ4n) is 4.70. The van der Waals surface area contributed by atoms with Crippen LogP contribution in [0.2, 0.25) is 0 Å². The van der Waals surface area contributed by atoms with E-state index in [1.165, 1.54) is 24.5 Å². The monoisotopic (exact) mass is 464 g/mol. The fourth-order valence-corrected chi connectivity index (χ4v) is 4.70. The summed E-state index contributed by atoms with van der Waals surface area (Å²) >= 11 is 0. The molecule has 34 heavy (non-hydrogen) atoms. The van der Waals surface area contributed by atoms with Crippen molar-refractivity contribution in [3.05, 3.63) is 54.5 Å². The molecule has 2 aliphatic heterocycles. The highest BCUT2D eigenvalue weighted by Gasteiger charge is 2.42. The Bertz CT molecular complexity index is 1300.